The molecule has 0 spiro atoms. The van der Waals surface area contributed by atoms with Crippen LogP contribution in [0.15, 0.2) is 24.5 Å². The van der Waals surface area contributed by atoms with E-state index in [4.69, 9.17) is 9.84 Å². The van der Waals surface area contributed by atoms with Crippen LogP contribution in [-0.2, 0) is 12.8 Å². The van der Waals surface area contributed by atoms with Crippen molar-refractivity contribution in [3.63, 3.8) is 0 Å². The van der Waals surface area contributed by atoms with E-state index in [1.807, 2.05) is 6.92 Å². The predicted octanol–water partition coefficient (Wildman–Crippen LogP) is 2.76. The van der Waals surface area contributed by atoms with Crippen LogP contribution in [0.3, 0.4) is 0 Å². The van der Waals surface area contributed by atoms with Gasteiger partial charge in [-0.3, -0.25) is 0 Å². The van der Waals surface area contributed by atoms with Gasteiger partial charge in [-0.05, 0) is 43.9 Å². The molecule has 0 saturated carbocycles. The lowest BCUT2D eigenvalue weighted by atomic mass is 10.1. The Bertz CT molecular complexity index is 683. The highest BCUT2D eigenvalue weighted by molar-refractivity contribution is 5.88. The van der Waals surface area contributed by atoms with E-state index in [2.05, 4.69) is 9.97 Å². The second kappa shape index (κ2) is 4.92. The van der Waals surface area contributed by atoms with Gasteiger partial charge in [0, 0.05) is 5.56 Å². The van der Waals surface area contributed by atoms with Gasteiger partial charge in [0.1, 0.15) is 12.1 Å². The summed E-state index contributed by atoms with van der Waals surface area (Å²) in [5.41, 5.74) is 3.14. The third kappa shape index (κ3) is 2.22. The highest BCUT2D eigenvalue weighted by Gasteiger charge is 2.19. The van der Waals surface area contributed by atoms with Crippen LogP contribution >= 0.6 is 0 Å². The van der Waals surface area contributed by atoms with Crippen molar-refractivity contribution in [2.75, 3.05) is 0 Å². The Kier molecular flexibility index (Phi) is 3.10. The molecule has 2 aromatic rings. The van der Waals surface area contributed by atoms with E-state index in [1.165, 1.54) is 12.4 Å². The molecule has 1 aliphatic rings. The van der Waals surface area contributed by atoms with Gasteiger partial charge in [0.05, 0.1) is 11.3 Å². The number of hydrogen-bond donors (Lipinski definition) is 1. The summed E-state index contributed by atoms with van der Waals surface area (Å²) in [7, 11) is 0. The van der Waals surface area contributed by atoms with Crippen molar-refractivity contribution in [2.24, 2.45) is 0 Å². The number of nitrogens with zero attached hydrogens (tertiary/aromatic N) is 2. The summed E-state index contributed by atoms with van der Waals surface area (Å²) in [5, 5.41) is 9.04. The molecule has 0 bridgehead atoms. The van der Waals surface area contributed by atoms with Crippen LogP contribution in [0, 0.1) is 6.92 Å². The van der Waals surface area contributed by atoms with Gasteiger partial charge in [-0.1, -0.05) is 6.07 Å². The van der Waals surface area contributed by atoms with E-state index in [0.717, 1.165) is 36.1 Å². The van der Waals surface area contributed by atoms with Gasteiger partial charge in [0.2, 0.25) is 5.88 Å². The van der Waals surface area contributed by atoms with Crippen molar-refractivity contribution in [1.29, 1.82) is 0 Å². The number of aromatic nitrogens is 2. The third-order valence-corrected chi connectivity index (χ3v) is 3.48. The molecule has 0 saturated heterocycles. The molecule has 1 heterocycles. The van der Waals surface area contributed by atoms with Crippen LogP contribution in [0.1, 0.15) is 33.6 Å². The monoisotopic (exact) mass is 270 g/mol. The van der Waals surface area contributed by atoms with Crippen molar-refractivity contribution >= 4 is 5.97 Å². The largest absolute Gasteiger partial charge is 0.478 e. The van der Waals surface area contributed by atoms with Crippen LogP contribution in [0.4, 0.5) is 0 Å². The Hall–Kier alpha value is -2.43. The Morgan fingerprint density at radius 3 is 2.95 bits per heavy atom. The summed E-state index contributed by atoms with van der Waals surface area (Å²) in [6, 6.07) is 4.83. The van der Waals surface area contributed by atoms with Crippen molar-refractivity contribution < 1.29 is 14.6 Å². The molecule has 1 aromatic carbocycles. The van der Waals surface area contributed by atoms with E-state index in [1.54, 1.807) is 12.1 Å². The van der Waals surface area contributed by atoms with Gasteiger partial charge in [0.15, 0.2) is 0 Å². The standard InChI is InChI=1S/C15H14N2O3/c1-9-5-6-10(15(18)19)7-13(9)20-14-11-3-2-4-12(11)16-8-17-14/h5-8H,2-4H2,1H3,(H,18,19). The fraction of sp³-hybridized carbons (Fsp3) is 0.267. The van der Waals surface area contributed by atoms with E-state index in [9.17, 15) is 4.79 Å². The molecule has 3 rings (SSSR count). The number of aromatic carboxylic acids is 1. The maximum atomic E-state index is 11.0. The lowest BCUT2D eigenvalue weighted by molar-refractivity contribution is 0.0696. The Morgan fingerprint density at radius 1 is 1.30 bits per heavy atom. The first-order valence-electron chi connectivity index (χ1n) is 6.49. The van der Waals surface area contributed by atoms with E-state index >= 15 is 0 Å². The van der Waals surface area contributed by atoms with Crippen LogP contribution < -0.4 is 4.74 Å². The molecular formula is C15H14N2O3. The van der Waals surface area contributed by atoms with Gasteiger partial charge in [-0.25, -0.2) is 14.8 Å². The van der Waals surface area contributed by atoms with Gasteiger partial charge < -0.3 is 9.84 Å². The van der Waals surface area contributed by atoms with Gasteiger partial charge in [-0.15, -0.1) is 0 Å². The molecule has 102 valence electrons. The Labute approximate surface area is 116 Å². The predicted molar refractivity (Wildman–Crippen MR) is 72.3 cm³/mol. The number of hydrogen-bond acceptors (Lipinski definition) is 4. The van der Waals surface area contributed by atoms with Crippen molar-refractivity contribution in [3.05, 3.63) is 46.9 Å². The number of aryl methyl sites for hydroxylation is 2. The fourth-order valence-corrected chi connectivity index (χ4v) is 2.36. The van der Waals surface area contributed by atoms with Gasteiger partial charge in [-0.2, -0.15) is 0 Å². The second-order valence-corrected chi connectivity index (χ2v) is 4.85. The zero-order valence-electron chi connectivity index (χ0n) is 11.1. The first-order valence-corrected chi connectivity index (χ1v) is 6.49. The number of rotatable bonds is 3. The summed E-state index contributed by atoms with van der Waals surface area (Å²) < 4.78 is 5.83. The number of carboxylic acids is 1. The number of carboxylic acid groups (broad SMARTS) is 1. The zero-order valence-corrected chi connectivity index (χ0v) is 11.1. The SMILES string of the molecule is Cc1ccc(C(=O)O)cc1Oc1ncnc2c1CCC2. The molecule has 0 aliphatic heterocycles. The number of benzene rings is 1. The molecule has 0 atom stereocenters. The highest BCUT2D eigenvalue weighted by Crippen LogP contribution is 2.32. The van der Waals surface area contributed by atoms with Crippen LogP contribution in [-0.4, -0.2) is 21.0 Å². The van der Waals surface area contributed by atoms with Crippen molar-refractivity contribution in [2.45, 2.75) is 26.2 Å². The summed E-state index contributed by atoms with van der Waals surface area (Å²) in [6.07, 6.45) is 4.40. The van der Waals surface area contributed by atoms with Crippen LogP contribution in [0.5, 0.6) is 11.6 Å². The van der Waals surface area contributed by atoms with E-state index in [0.29, 0.717) is 11.6 Å². The number of fused-ring (bicyclic) bond motifs is 1. The minimum Gasteiger partial charge on any atom is -0.478 e. The first kappa shape index (κ1) is 12.6. The normalized spacial score (nSPS) is 13.1. The molecule has 5 heteroatoms. The fourth-order valence-electron chi connectivity index (χ4n) is 2.36. The lowest BCUT2D eigenvalue weighted by Crippen LogP contribution is -2.00. The molecule has 0 fully saturated rings. The maximum Gasteiger partial charge on any atom is 0.335 e. The molecule has 5 nitrogen and oxygen atoms in total. The van der Waals surface area contributed by atoms with E-state index < -0.39 is 5.97 Å². The molecule has 0 radical (unpaired) electrons. The minimum atomic E-state index is -0.970. The van der Waals surface area contributed by atoms with Crippen LogP contribution in [0.25, 0.3) is 0 Å². The molecule has 1 aliphatic carbocycles. The molecule has 1 N–H and O–H groups in total. The summed E-state index contributed by atoms with van der Waals surface area (Å²) >= 11 is 0. The average molecular weight is 270 g/mol. The van der Waals surface area contributed by atoms with Crippen molar-refractivity contribution in [3.8, 4) is 11.6 Å². The zero-order chi connectivity index (χ0) is 14.1. The minimum absolute atomic E-state index is 0.205. The third-order valence-electron chi connectivity index (χ3n) is 3.48. The van der Waals surface area contributed by atoms with Gasteiger partial charge in [0.25, 0.3) is 0 Å². The molecule has 20 heavy (non-hydrogen) atoms. The molecule has 0 unspecified atom stereocenters. The topological polar surface area (TPSA) is 72.3 Å². The van der Waals surface area contributed by atoms with Crippen molar-refractivity contribution in [1.82, 2.24) is 9.97 Å². The average Bonchev–Trinajstić information content (AvgIpc) is 2.90. The molecule has 0 amide bonds. The quantitative estimate of drug-likeness (QED) is 0.928. The number of ether oxygens (including phenoxy) is 1. The highest BCUT2D eigenvalue weighted by atomic mass is 16.5. The Balaban J connectivity index is 1.98. The molecule has 1 aromatic heterocycles. The smallest absolute Gasteiger partial charge is 0.335 e. The maximum absolute atomic E-state index is 11.0. The van der Waals surface area contributed by atoms with Gasteiger partial charge >= 0.3 is 5.97 Å². The molecular weight excluding hydrogens is 256 g/mol. The first-order chi connectivity index (χ1) is 9.65. The second-order valence-electron chi connectivity index (χ2n) is 4.85. The Morgan fingerprint density at radius 2 is 2.15 bits per heavy atom. The van der Waals surface area contributed by atoms with E-state index in [-0.39, 0.29) is 5.56 Å². The number of carbonyl (C=O) groups is 1. The summed E-state index contributed by atoms with van der Waals surface area (Å²) in [6.45, 7) is 1.88. The summed E-state index contributed by atoms with van der Waals surface area (Å²) in [4.78, 5) is 19.4. The summed E-state index contributed by atoms with van der Waals surface area (Å²) in [5.74, 6) is 0.0959. The lowest BCUT2D eigenvalue weighted by Gasteiger charge is -2.11. The van der Waals surface area contributed by atoms with Crippen LogP contribution in [0.2, 0.25) is 0 Å².